The molecule has 0 spiro atoms. The summed E-state index contributed by atoms with van der Waals surface area (Å²) in [6.07, 6.45) is 1.59. The summed E-state index contributed by atoms with van der Waals surface area (Å²) in [4.78, 5) is 9.82. The Hall–Kier alpha value is -2.83. The van der Waals surface area contributed by atoms with Gasteiger partial charge in [0.25, 0.3) is 0 Å². The highest BCUT2D eigenvalue weighted by molar-refractivity contribution is 7.17. The molecule has 0 amide bonds. The van der Waals surface area contributed by atoms with Gasteiger partial charge in [-0.25, -0.2) is 9.97 Å². The fourth-order valence-corrected chi connectivity index (χ4v) is 3.68. The molecule has 0 saturated carbocycles. The number of rotatable bonds is 5. The average molecular weight is 400 g/mol. The van der Waals surface area contributed by atoms with Crippen LogP contribution in [0.25, 0.3) is 21.3 Å². The number of aromatic nitrogens is 2. The number of halogens is 1. The summed E-state index contributed by atoms with van der Waals surface area (Å²) in [5, 5.41) is 6.52. The molecule has 0 aliphatic heterocycles. The molecule has 0 bridgehead atoms. The van der Waals surface area contributed by atoms with Crippen molar-refractivity contribution in [1.82, 2.24) is 9.97 Å². The molecule has 5 nitrogen and oxygen atoms in total. The molecule has 4 aromatic rings. The molecule has 0 unspecified atom stereocenters. The van der Waals surface area contributed by atoms with Gasteiger partial charge in [-0.05, 0) is 42.0 Å². The summed E-state index contributed by atoms with van der Waals surface area (Å²) in [6, 6.07) is 15.8. The average Bonchev–Trinajstić information content (AvgIpc) is 3.14. The fraction of sp³-hybridized carbons (Fsp3) is 0.100. The third-order valence-electron chi connectivity index (χ3n) is 4.12. The number of benzene rings is 2. The Morgan fingerprint density at radius 2 is 1.48 bits per heavy atom. The molecule has 138 valence electrons. The lowest BCUT2D eigenvalue weighted by atomic mass is 10.1. The smallest absolute Gasteiger partial charge is 0.143 e. The Morgan fingerprint density at radius 1 is 0.852 bits per heavy atom. The minimum absolute atomic E-state index is 0. The molecular formula is C20H18ClN3O2S. The molecule has 0 aliphatic carbocycles. The topological polar surface area (TPSA) is 56.3 Å². The zero-order valence-electron chi connectivity index (χ0n) is 14.8. The summed E-state index contributed by atoms with van der Waals surface area (Å²) in [5.41, 5.74) is 3.14. The predicted molar refractivity (Wildman–Crippen MR) is 113 cm³/mol. The molecule has 2 aromatic heterocycles. The number of methoxy groups -OCH3 is 2. The minimum Gasteiger partial charge on any atom is -0.497 e. The molecule has 27 heavy (non-hydrogen) atoms. The Labute approximate surface area is 167 Å². The molecule has 2 aromatic carbocycles. The zero-order valence-corrected chi connectivity index (χ0v) is 16.4. The van der Waals surface area contributed by atoms with Gasteiger partial charge in [-0.3, -0.25) is 0 Å². The van der Waals surface area contributed by atoms with Gasteiger partial charge in [0.05, 0.1) is 19.6 Å². The van der Waals surface area contributed by atoms with Crippen LogP contribution in [0.3, 0.4) is 0 Å². The second-order valence-electron chi connectivity index (χ2n) is 5.63. The normalized spacial score (nSPS) is 10.3. The first-order chi connectivity index (χ1) is 12.8. The van der Waals surface area contributed by atoms with E-state index in [0.29, 0.717) is 0 Å². The Morgan fingerprint density at radius 3 is 2.11 bits per heavy atom. The Bertz CT molecular complexity index is 1030. The SMILES string of the molecule is COc1ccc(Nc2ncnc3scc(-c4ccc(OC)cc4)c23)cc1.Cl. The summed E-state index contributed by atoms with van der Waals surface area (Å²) in [6.45, 7) is 0. The van der Waals surface area contributed by atoms with Gasteiger partial charge in [0, 0.05) is 16.6 Å². The van der Waals surface area contributed by atoms with Crippen molar-refractivity contribution in [3.8, 4) is 22.6 Å². The van der Waals surface area contributed by atoms with Crippen molar-refractivity contribution in [2.75, 3.05) is 19.5 Å². The number of hydrogen-bond acceptors (Lipinski definition) is 6. The summed E-state index contributed by atoms with van der Waals surface area (Å²) in [5.74, 6) is 2.44. The number of anilines is 2. The van der Waals surface area contributed by atoms with Gasteiger partial charge in [0.2, 0.25) is 0 Å². The van der Waals surface area contributed by atoms with Crippen molar-refractivity contribution in [1.29, 1.82) is 0 Å². The van der Waals surface area contributed by atoms with Gasteiger partial charge < -0.3 is 14.8 Å². The van der Waals surface area contributed by atoms with Crippen LogP contribution in [0.4, 0.5) is 11.5 Å². The highest BCUT2D eigenvalue weighted by Crippen LogP contribution is 2.38. The maximum atomic E-state index is 5.25. The standard InChI is InChI=1S/C20H17N3O2S.ClH/c1-24-15-7-3-13(4-8-15)17-11-26-20-18(17)19(21-12-22-20)23-14-5-9-16(25-2)10-6-14;/h3-12H,1-2H3,(H,21,22,23);1H. The largest absolute Gasteiger partial charge is 0.497 e. The summed E-state index contributed by atoms with van der Waals surface area (Å²) in [7, 11) is 3.32. The monoisotopic (exact) mass is 399 g/mol. The van der Waals surface area contributed by atoms with E-state index in [1.807, 2.05) is 48.5 Å². The number of ether oxygens (including phenoxy) is 2. The van der Waals surface area contributed by atoms with Gasteiger partial charge in [-0.1, -0.05) is 12.1 Å². The van der Waals surface area contributed by atoms with Gasteiger partial charge >= 0.3 is 0 Å². The summed E-state index contributed by atoms with van der Waals surface area (Å²) < 4.78 is 10.5. The van der Waals surface area contributed by atoms with Crippen molar-refractivity contribution in [3.63, 3.8) is 0 Å². The van der Waals surface area contributed by atoms with E-state index in [2.05, 4.69) is 20.7 Å². The molecule has 0 aliphatic rings. The molecule has 0 fully saturated rings. The maximum absolute atomic E-state index is 5.25. The minimum atomic E-state index is 0. The number of nitrogens with one attached hydrogen (secondary N) is 1. The molecule has 1 N–H and O–H groups in total. The predicted octanol–water partition coefficient (Wildman–Crippen LogP) is 5.54. The van der Waals surface area contributed by atoms with Gasteiger partial charge in [-0.15, -0.1) is 23.7 Å². The van der Waals surface area contributed by atoms with Gasteiger partial charge in [0.1, 0.15) is 28.5 Å². The van der Waals surface area contributed by atoms with E-state index in [1.54, 1.807) is 31.9 Å². The van der Waals surface area contributed by atoms with Crippen molar-refractivity contribution in [3.05, 3.63) is 60.2 Å². The van der Waals surface area contributed by atoms with Crippen LogP contribution in [0.5, 0.6) is 11.5 Å². The molecule has 4 rings (SSSR count). The number of thiophene rings is 1. The first-order valence-electron chi connectivity index (χ1n) is 8.06. The van der Waals surface area contributed by atoms with Gasteiger partial charge in [0.15, 0.2) is 0 Å². The Kier molecular flexibility index (Phi) is 5.78. The highest BCUT2D eigenvalue weighted by Gasteiger charge is 2.13. The molecule has 0 radical (unpaired) electrons. The molecule has 7 heteroatoms. The lowest BCUT2D eigenvalue weighted by molar-refractivity contribution is 0.415. The van der Waals surface area contributed by atoms with Crippen LogP contribution in [0, 0.1) is 0 Å². The summed E-state index contributed by atoms with van der Waals surface area (Å²) >= 11 is 1.61. The van der Waals surface area contributed by atoms with Crippen molar-refractivity contribution >= 4 is 45.5 Å². The first-order valence-corrected chi connectivity index (χ1v) is 8.94. The van der Waals surface area contributed by atoms with E-state index < -0.39 is 0 Å². The van der Waals surface area contributed by atoms with Crippen molar-refractivity contribution < 1.29 is 9.47 Å². The van der Waals surface area contributed by atoms with Crippen LogP contribution >= 0.6 is 23.7 Å². The van der Waals surface area contributed by atoms with E-state index in [4.69, 9.17) is 9.47 Å². The van der Waals surface area contributed by atoms with Crippen molar-refractivity contribution in [2.45, 2.75) is 0 Å². The van der Waals surface area contributed by atoms with Crippen LogP contribution < -0.4 is 14.8 Å². The number of fused-ring (bicyclic) bond motifs is 1. The van der Waals surface area contributed by atoms with Crippen LogP contribution in [0.2, 0.25) is 0 Å². The van der Waals surface area contributed by atoms with Crippen LogP contribution in [-0.4, -0.2) is 24.2 Å². The third-order valence-corrected chi connectivity index (χ3v) is 5.01. The molecule has 0 atom stereocenters. The van der Waals surface area contributed by atoms with E-state index in [0.717, 1.165) is 44.3 Å². The number of hydrogen-bond donors (Lipinski definition) is 1. The van der Waals surface area contributed by atoms with Crippen LogP contribution in [0.15, 0.2) is 60.2 Å². The lowest BCUT2D eigenvalue weighted by Gasteiger charge is -2.09. The van der Waals surface area contributed by atoms with E-state index in [1.165, 1.54) is 0 Å². The first kappa shape index (κ1) is 18.9. The van der Waals surface area contributed by atoms with Crippen LogP contribution in [-0.2, 0) is 0 Å². The highest BCUT2D eigenvalue weighted by atomic mass is 35.5. The number of nitrogens with zero attached hydrogens (tertiary/aromatic N) is 2. The fourth-order valence-electron chi connectivity index (χ4n) is 2.76. The lowest BCUT2D eigenvalue weighted by Crippen LogP contribution is -1.95. The molecule has 2 heterocycles. The molecule has 0 saturated heterocycles. The van der Waals surface area contributed by atoms with Gasteiger partial charge in [-0.2, -0.15) is 0 Å². The Balaban J connectivity index is 0.00000210. The van der Waals surface area contributed by atoms with E-state index in [-0.39, 0.29) is 12.4 Å². The third kappa shape index (κ3) is 3.82. The molecular weight excluding hydrogens is 382 g/mol. The maximum Gasteiger partial charge on any atom is 0.143 e. The quantitative estimate of drug-likeness (QED) is 0.477. The van der Waals surface area contributed by atoms with E-state index in [9.17, 15) is 0 Å². The second-order valence-corrected chi connectivity index (χ2v) is 6.49. The van der Waals surface area contributed by atoms with E-state index >= 15 is 0 Å². The van der Waals surface area contributed by atoms with Crippen LogP contribution in [0.1, 0.15) is 0 Å². The zero-order chi connectivity index (χ0) is 17.9. The van der Waals surface area contributed by atoms with Crippen molar-refractivity contribution in [2.24, 2.45) is 0 Å². The second kappa shape index (κ2) is 8.24.